The maximum absolute atomic E-state index is 11.7. The van der Waals surface area contributed by atoms with Gasteiger partial charge in [-0.15, -0.1) is 0 Å². The minimum absolute atomic E-state index is 0.0299. The van der Waals surface area contributed by atoms with Gasteiger partial charge in [-0.1, -0.05) is 33.2 Å². The zero-order valence-electron chi connectivity index (χ0n) is 15.2. The van der Waals surface area contributed by atoms with Gasteiger partial charge in [-0.2, -0.15) is 0 Å². The van der Waals surface area contributed by atoms with E-state index in [0.29, 0.717) is 28.9 Å². The number of hydrogen-bond acceptors (Lipinski definition) is 5. The first-order valence-corrected chi connectivity index (χ1v) is 7.67. The number of carbonyl (C=O) groups excluding carboxylic acids is 2. The number of allylic oxidation sites excluding steroid dienone is 1. The van der Waals surface area contributed by atoms with Gasteiger partial charge in [0.15, 0.2) is 0 Å². The van der Waals surface area contributed by atoms with Gasteiger partial charge in [-0.3, -0.25) is 0 Å². The molecule has 0 fully saturated rings. The van der Waals surface area contributed by atoms with E-state index in [1.807, 2.05) is 6.92 Å². The van der Waals surface area contributed by atoms with E-state index in [4.69, 9.17) is 14.2 Å². The number of hydrogen-bond donors (Lipinski definition) is 0. The van der Waals surface area contributed by atoms with Crippen molar-refractivity contribution in [3.8, 4) is 0 Å². The smallest absolute Gasteiger partial charge is 0.333 e. The Morgan fingerprint density at radius 3 is 1.42 bits per heavy atom. The lowest BCUT2D eigenvalue weighted by Gasteiger charge is -2.31. The van der Waals surface area contributed by atoms with Crippen molar-refractivity contribution in [2.75, 3.05) is 19.8 Å². The molecule has 0 spiro atoms. The molecule has 0 aliphatic rings. The molecular weight excluding hydrogens is 308 g/mol. The Labute approximate surface area is 144 Å². The molecule has 5 heteroatoms. The zero-order chi connectivity index (χ0) is 18.9. The maximum Gasteiger partial charge on any atom is 0.333 e. The number of esters is 2. The van der Waals surface area contributed by atoms with Gasteiger partial charge in [0.2, 0.25) is 0 Å². The fraction of sp³-hybridized carbons (Fsp3) is 0.474. The Morgan fingerprint density at radius 1 is 0.750 bits per heavy atom. The summed E-state index contributed by atoms with van der Waals surface area (Å²) in [6.07, 6.45) is 0.559. The zero-order valence-corrected chi connectivity index (χ0v) is 15.2. The van der Waals surface area contributed by atoms with Gasteiger partial charge in [-0.05, 0) is 32.8 Å². The standard InChI is InChI=1S/C19H28O5/c1-9-19(10-22-16(8)13(2)3,11-23-17(20)14(4)5)12-24-18(21)15(6)7/h2,4,6,8-12H2,1,3,5,7H3. The van der Waals surface area contributed by atoms with Gasteiger partial charge >= 0.3 is 11.9 Å². The van der Waals surface area contributed by atoms with Crippen LogP contribution >= 0.6 is 0 Å². The van der Waals surface area contributed by atoms with Gasteiger partial charge in [0.1, 0.15) is 25.6 Å². The molecule has 0 bridgehead atoms. The Bertz CT molecular complexity index is 468. The minimum Gasteiger partial charge on any atom is -0.493 e. The summed E-state index contributed by atoms with van der Waals surface area (Å²) in [5.41, 5.74) is 0.587. The summed E-state index contributed by atoms with van der Waals surface area (Å²) in [6.45, 7) is 21.7. The Hall–Kier alpha value is -2.30. The molecule has 5 nitrogen and oxygen atoms in total. The molecule has 0 amide bonds. The van der Waals surface area contributed by atoms with Gasteiger partial charge in [0.05, 0.1) is 5.41 Å². The average Bonchev–Trinajstić information content (AvgIpc) is 2.53. The fourth-order valence-electron chi connectivity index (χ4n) is 1.48. The second-order valence-corrected chi connectivity index (χ2v) is 6.06. The maximum atomic E-state index is 11.7. The summed E-state index contributed by atoms with van der Waals surface area (Å²) in [5.74, 6) is -0.569. The second kappa shape index (κ2) is 9.75. The molecular formula is C19H28O5. The van der Waals surface area contributed by atoms with Crippen LogP contribution in [-0.2, 0) is 23.8 Å². The molecule has 0 N–H and O–H groups in total. The van der Waals surface area contributed by atoms with Crippen LogP contribution in [0.15, 0.2) is 48.8 Å². The van der Waals surface area contributed by atoms with E-state index in [1.165, 1.54) is 0 Å². The van der Waals surface area contributed by atoms with E-state index in [2.05, 4.69) is 26.3 Å². The highest BCUT2D eigenvalue weighted by Crippen LogP contribution is 2.26. The van der Waals surface area contributed by atoms with Crippen LogP contribution in [0.5, 0.6) is 0 Å². The van der Waals surface area contributed by atoms with E-state index < -0.39 is 17.4 Å². The molecule has 0 unspecified atom stereocenters. The van der Waals surface area contributed by atoms with Crippen molar-refractivity contribution in [2.24, 2.45) is 5.41 Å². The summed E-state index contributed by atoms with van der Waals surface area (Å²) < 4.78 is 16.1. The predicted octanol–water partition coefficient (Wildman–Crippen LogP) is 3.73. The number of rotatable bonds is 11. The number of ether oxygens (including phenoxy) is 3. The quantitative estimate of drug-likeness (QED) is 0.249. The third-order valence-corrected chi connectivity index (χ3v) is 3.49. The SMILES string of the molecule is C=C(C)C(=C)OCC(CC)(COC(=O)C(=C)C)COC(=O)C(=C)C. The van der Waals surface area contributed by atoms with Crippen LogP contribution in [0.25, 0.3) is 0 Å². The predicted molar refractivity (Wildman–Crippen MR) is 94.2 cm³/mol. The Kier molecular flexibility index (Phi) is 8.82. The Balaban J connectivity index is 5.11. The first kappa shape index (κ1) is 21.7. The Morgan fingerprint density at radius 2 is 1.12 bits per heavy atom. The van der Waals surface area contributed by atoms with Crippen molar-refractivity contribution in [1.29, 1.82) is 0 Å². The van der Waals surface area contributed by atoms with E-state index in [0.717, 1.165) is 0 Å². The largest absolute Gasteiger partial charge is 0.493 e. The van der Waals surface area contributed by atoms with Crippen LogP contribution in [-0.4, -0.2) is 31.8 Å². The first-order chi connectivity index (χ1) is 11.0. The lowest BCUT2D eigenvalue weighted by Crippen LogP contribution is -2.38. The van der Waals surface area contributed by atoms with Gasteiger partial charge < -0.3 is 14.2 Å². The fourth-order valence-corrected chi connectivity index (χ4v) is 1.48. The molecule has 0 heterocycles. The average molecular weight is 336 g/mol. The van der Waals surface area contributed by atoms with Gasteiger partial charge in [0, 0.05) is 11.1 Å². The van der Waals surface area contributed by atoms with E-state index in [1.54, 1.807) is 20.8 Å². The van der Waals surface area contributed by atoms with Gasteiger partial charge in [0.25, 0.3) is 0 Å². The molecule has 134 valence electrons. The third kappa shape index (κ3) is 7.31. The highest BCUT2D eigenvalue weighted by atomic mass is 16.6. The van der Waals surface area contributed by atoms with Crippen LogP contribution in [0, 0.1) is 5.41 Å². The molecule has 0 aromatic carbocycles. The van der Waals surface area contributed by atoms with Crippen molar-refractivity contribution in [3.63, 3.8) is 0 Å². The summed E-state index contributed by atoms with van der Waals surface area (Å²) in [5, 5.41) is 0. The van der Waals surface area contributed by atoms with Crippen LogP contribution in [0.3, 0.4) is 0 Å². The van der Waals surface area contributed by atoms with Crippen molar-refractivity contribution in [1.82, 2.24) is 0 Å². The lowest BCUT2D eigenvalue weighted by atomic mass is 9.88. The second-order valence-electron chi connectivity index (χ2n) is 6.06. The highest BCUT2D eigenvalue weighted by molar-refractivity contribution is 5.87. The van der Waals surface area contributed by atoms with Gasteiger partial charge in [-0.25, -0.2) is 9.59 Å². The topological polar surface area (TPSA) is 61.8 Å². The van der Waals surface area contributed by atoms with Crippen LogP contribution in [0.4, 0.5) is 0 Å². The first-order valence-electron chi connectivity index (χ1n) is 7.67. The van der Waals surface area contributed by atoms with Crippen molar-refractivity contribution < 1.29 is 23.8 Å². The van der Waals surface area contributed by atoms with Crippen LogP contribution in [0.1, 0.15) is 34.1 Å². The van der Waals surface area contributed by atoms with Crippen molar-refractivity contribution in [2.45, 2.75) is 34.1 Å². The normalized spacial score (nSPS) is 10.5. The van der Waals surface area contributed by atoms with E-state index in [9.17, 15) is 9.59 Å². The van der Waals surface area contributed by atoms with Crippen molar-refractivity contribution in [3.05, 3.63) is 48.8 Å². The summed E-state index contributed by atoms with van der Waals surface area (Å²) in [7, 11) is 0. The number of carbonyl (C=O) groups is 2. The molecule has 0 atom stereocenters. The molecule has 0 aromatic rings. The summed E-state index contributed by atoms with van der Waals surface area (Å²) >= 11 is 0. The summed E-state index contributed by atoms with van der Waals surface area (Å²) in [4.78, 5) is 23.4. The molecule has 0 saturated heterocycles. The molecule has 0 aromatic heterocycles. The summed E-state index contributed by atoms with van der Waals surface area (Å²) in [6, 6.07) is 0. The molecule has 0 radical (unpaired) electrons. The van der Waals surface area contributed by atoms with Crippen LogP contribution < -0.4 is 0 Å². The van der Waals surface area contributed by atoms with Crippen molar-refractivity contribution >= 4 is 11.9 Å². The lowest BCUT2D eigenvalue weighted by molar-refractivity contribution is -0.152. The molecule has 24 heavy (non-hydrogen) atoms. The van der Waals surface area contributed by atoms with E-state index in [-0.39, 0.29) is 19.8 Å². The highest BCUT2D eigenvalue weighted by Gasteiger charge is 2.34. The monoisotopic (exact) mass is 336 g/mol. The van der Waals surface area contributed by atoms with E-state index >= 15 is 0 Å². The third-order valence-electron chi connectivity index (χ3n) is 3.49. The molecule has 0 saturated carbocycles. The molecule has 0 aliphatic carbocycles. The minimum atomic E-state index is -0.700. The molecule has 0 rings (SSSR count). The van der Waals surface area contributed by atoms with Crippen LogP contribution in [0.2, 0.25) is 0 Å². The molecule has 0 aliphatic heterocycles.